The van der Waals surface area contributed by atoms with E-state index in [4.69, 9.17) is 15.2 Å². The molecule has 84 valence electrons. The summed E-state index contributed by atoms with van der Waals surface area (Å²) in [5, 5.41) is 3.96. The summed E-state index contributed by atoms with van der Waals surface area (Å²) < 4.78 is 12.0. The first-order valence-corrected chi connectivity index (χ1v) is 4.52. The van der Waals surface area contributed by atoms with Crippen molar-refractivity contribution in [2.45, 2.75) is 0 Å². The molecule has 0 radical (unpaired) electrons. The van der Waals surface area contributed by atoms with Gasteiger partial charge in [0.15, 0.2) is 5.75 Å². The van der Waals surface area contributed by atoms with Crippen molar-refractivity contribution in [2.24, 2.45) is 7.05 Å². The molecular weight excluding hydrogens is 210 g/mol. The Labute approximate surface area is 91.8 Å². The third-order valence-corrected chi connectivity index (χ3v) is 1.81. The fourth-order valence-corrected chi connectivity index (χ4v) is 1.15. The summed E-state index contributed by atoms with van der Waals surface area (Å²) in [5.41, 5.74) is 5.49. The minimum Gasteiger partial charge on any atom is -0.481 e. The van der Waals surface area contributed by atoms with E-state index in [1.165, 1.54) is 7.11 Å². The summed E-state index contributed by atoms with van der Waals surface area (Å²) in [7, 11) is 3.29. The molecular formula is C9H11N5O2. The Morgan fingerprint density at radius 2 is 2.06 bits per heavy atom. The van der Waals surface area contributed by atoms with Crippen LogP contribution in [0.1, 0.15) is 0 Å². The topological polar surface area (TPSA) is 88.1 Å². The van der Waals surface area contributed by atoms with Crippen molar-refractivity contribution in [2.75, 3.05) is 12.8 Å². The molecule has 2 N–H and O–H groups in total. The molecule has 16 heavy (non-hydrogen) atoms. The largest absolute Gasteiger partial charge is 0.481 e. The van der Waals surface area contributed by atoms with Gasteiger partial charge in [-0.2, -0.15) is 15.1 Å². The number of ether oxygens (including phenoxy) is 2. The van der Waals surface area contributed by atoms with Crippen LogP contribution < -0.4 is 15.2 Å². The van der Waals surface area contributed by atoms with Crippen LogP contribution in [0.4, 0.5) is 5.95 Å². The molecule has 2 heterocycles. The van der Waals surface area contributed by atoms with Gasteiger partial charge in [0.05, 0.1) is 25.6 Å². The van der Waals surface area contributed by atoms with Gasteiger partial charge in [-0.15, -0.1) is 0 Å². The molecule has 0 unspecified atom stereocenters. The summed E-state index contributed by atoms with van der Waals surface area (Å²) in [5.74, 6) is 1.34. The number of aryl methyl sites for hydroxylation is 1. The van der Waals surface area contributed by atoms with E-state index < -0.39 is 0 Å². The van der Waals surface area contributed by atoms with Gasteiger partial charge in [-0.1, -0.05) is 0 Å². The minimum absolute atomic E-state index is 0.0956. The first-order valence-electron chi connectivity index (χ1n) is 4.52. The van der Waals surface area contributed by atoms with Gasteiger partial charge in [-0.3, -0.25) is 4.68 Å². The number of hydrogen-bond acceptors (Lipinski definition) is 6. The van der Waals surface area contributed by atoms with Crippen molar-refractivity contribution in [3.05, 3.63) is 18.5 Å². The molecule has 0 aromatic carbocycles. The highest BCUT2D eigenvalue weighted by Crippen LogP contribution is 2.22. The molecule has 2 aromatic rings. The quantitative estimate of drug-likeness (QED) is 0.816. The predicted octanol–water partition coefficient (Wildman–Crippen LogP) is 0.593. The van der Waals surface area contributed by atoms with E-state index in [2.05, 4.69) is 15.1 Å². The van der Waals surface area contributed by atoms with Gasteiger partial charge >= 0.3 is 0 Å². The second-order valence-electron chi connectivity index (χ2n) is 3.06. The lowest BCUT2D eigenvalue weighted by atomic mass is 10.5. The highest BCUT2D eigenvalue weighted by molar-refractivity contribution is 5.32. The SMILES string of the molecule is COc1cc(Oc2cnn(C)c2)nc(N)n1. The molecule has 2 aromatic heterocycles. The van der Waals surface area contributed by atoms with Gasteiger partial charge in [-0.25, -0.2) is 0 Å². The van der Waals surface area contributed by atoms with E-state index in [1.54, 1.807) is 30.2 Å². The third kappa shape index (κ3) is 2.19. The lowest BCUT2D eigenvalue weighted by Gasteiger charge is -2.04. The van der Waals surface area contributed by atoms with Crippen LogP contribution in [0, 0.1) is 0 Å². The maximum absolute atomic E-state index is 5.49. The van der Waals surface area contributed by atoms with E-state index in [-0.39, 0.29) is 5.95 Å². The molecule has 0 fully saturated rings. The van der Waals surface area contributed by atoms with Crippen molar-refractivity contribution < 1.29 is 9.47 Å². The van der Waals surface area contributed by atoms with E-state index in [1.807, 2.05) is 0 Å². The first-order chi connectivity index (χ1) is 7.67. The van der Waals surface area contributed by atoms with Crippen molar-refractivity contribution in [3.63, 3.8) is 0 Å². The average molecular weight is 221 g/mol. The zero-order valence-electron chi connectivity index (χ0n) is 8.91. The number of anilines is 1. The fourth-order valence-electron chi connectivity index (χ4n) is 1.15. The van der Waals surface area contributed by atoms with Gasteiger partial charge in [-0.05, 0) is 0 Å². The Balaban J connectivity index is 2.24. The molecule has 0 saturated heterocycles. The van der Waals surface area contributed by atoms with Crippen LogP contribution >= 0.6 is 0 Å². The first kappa shape index (κ1) is 10.2. The number of nitrogen functional groups attached to an aromatic ring is 1. The summed E-state index contributed by atoms with van der Waals surface area (Å²) >= 11 is 0. The molecule has 0 amide bonds. The number of aromatic nitrogens is 4. The standard InChI is InChI=1S/C9H11N5O2/c1-14-5-6(4-11-14)16-8-3-7(15-2)12-9(10)13-8/h3-5H,1-2H3,(H2,10,12,13). The van der Waals surface area contributed by atoms with Gasteiger partial charge < -0.3 is 15.2 Å². The Bertz CT molecular complexity index is 496. The van der Waals surface area contributed by atoms with E-state index in [0.717, 1.165) is 0 Å². The number of methoxy groups -OCH3 is 1. The number of hydrogen-bond donors (Lipinski definition) is 1. The molecule has 7 heteroatoms. The normalized spacial score (nSPS) is 10.1. The zero-order chi connectivity index (χ0) is 11.5. The van der Waals surface area contributed by atoms with Crippen molar-refractivity contribution in [3.8, 4) is 17.5 Å². The van der Waals surface area contributed by atoms with Crippen LogP contribution in [0.5, 0.6) is 17.5 Å². The van der Waals surface area contributed by atoms with Crippen LogP contribution in [-0.4, -0.2) is 26.9 Å². The molecule has 0 saturated carbocycles. The summed E-state index contributed by atoms with van der Waals surface area (Å²) in [6.45, 7) is 0. The van der Waals surface area contributed by atoms with Crippen LogP contribution in [0.2, 0.25) is 0 Å². The van der Waals surface area contributed by atoms with Gasteiger partial charge in [0.2, 0.25) is 17.7 Å². The maximum Gasteiger partial charge on any atom is 0.228 e. The van der Waals surface area contributed by atoms with E-state index in [9.17, 15) is 0 Å². The van der Waals surface area contributed by atoms with Gasteiger partial charge in [0, 0.05) is 7.05 Å². The molecule has 0 aliphatic heterocycles. The molecule has 2 rings (SSSR count). The second-order valence-corrected chi connectivity index (χ2v) is 3.06. The number of nitrogens with two attached hydrogens (primary N) is 1. The predicted molar refractivity (Wildman–Crippen MR) is 56.3 cm³/mol. The lowest BCUT2D eigenvalue weighted by molar-refractivity contribution is 0.389. The Kier molecular flexibility index (Phi) is 2.59. The molecule has 0 aliphatic rings. The average Bonchev–Trinajstić information content (AvgIpc) is 2.63. The van der Waals surface area contributed by atoms with Crippen LogP contribution in [0.25, 0.3) is 0 Å². The minimum atomic E-state index is 0.0956. The van der Waals surface area contributed by atoms with Crippen LogP contribution in [0.3, 0.4) is 0 Å². The smallest absolute Gasteiger partial charge is 0.228 e. The third-order valence-electron chi connectivity index (χ3n) is 1.81. The molecule has 0 atom stereocenters. The summed E-state index contributed by atoms with van der Waals surface area (Å²) in [6, 6.07) is 1.54. The number of rotatable bonds is 3. The fraction of sp³-hybridized carbons (Fsp3) is 0.222. The highest BCUT2D eigenvalue weighted by Gasteiger charge is 2.05. The monoisotopic (exact) mass is 221 g/mol. The van der Waals surface area contributed by atoms with Crippen molar-refractivity contribution in [1.29, 1.82) is 0 Å². The summed E-state index contributed by atoms with van der Waals surface area (Å²) in [4.78, 5) is 7.76. The number of nitrogens with zero attached hydrogens (tertiary/aromatic N) is 4. The highest BCUT2D eigenvalue weighted by atomic mass is 16.5. The Morgan fingerprint density at radius 1 is 1.31 bits per heavy atom. The van der Waals surface area contributed by atoms with Gasteiger partial charge in [0.25, 0.3) is 0 Å². The Morgan fingerprint density at radius 3 is 2.69 bits per heavy atom. The molecule has 0 bridgehead atoms. The summed E-state index contributed by atoms with van der Waals surface area (Å²) in [6.07, 6.45) is 3.29. The Hall–Kier alpha value is -2.31. The van der Waals surface area contributed by atoms with E-state index in [0.29, 0.717) is 17.5 Å². The van der Waals surface area contributed by atoms with Gasteiger partial charge in [0.1, 0.15) is 0 Å². The molecule has 0 spiro atoms. The van der Waals surface area contributed by atoms with Crippen LogP contribution in [0.15, 0.2) is 18.5 Å². The van der Waals surface area contributed by atoms with Crippen molar-refractivity contribution in [1.82, 2.24) is 19.7 Å². The lowest BCUT2D eigenvalue weighted by Crippen LogP contribution is -1.99. The van der Waals surface area contributed by atoms with Crippen molar-refractivity contribution >= 4 is 5.95 Å². The zero-order valence-corrected chi connectivity index (χ0v) is 8.91. The van der Waals surface area contributed by atoms with E-state index >= 15 is 0 Å². The van der Waals surface area contributed by atoms with Crippen LogP contribution in [-0.2, 0) is 7.05 Å². The maximum atomic E-state index is 5.49. The second kappa shape index (κ2) is 4.05. The molecule has 7 nitrogen and oxygen atoms in total. The molecule has 0 aliphatic carbocycles.